The van der Waals surface area contributed by atoms with E-state index < -0.39 is 0 Å². The Balaban J connectivity index is 1.88. The normalized spacial score (nSPS) is 19.6. The maximum atomic E-state index is 12.2. The van der Waals surface area contributed by atoms with Crippen LogP contribution in [0.3, 0.4) is 0 Å². The Morgan fingerprint density at radius 2 is 2.16 bits per heavy atom. The third-order valence-corrected chi connectivity index (χ3v) is 4.14. The molecule has 2 rings (SSSR count). The van der Waals surface area contributed by atoms with Crippen LogP contribution in [0.5, 0.6) is 0 Å². The number of nitrogens with one attached hydrogen (secondary N) is 1. The minimum atomic E-state index is 0.133. The van der Waals surface area contributed by atoms with Crippen molar-refractivity contribution in [3.05, 3.63) is 35.4 Å². The van der Waals surface area contributed by atoms with Gasteiger partial charge in [0.15, 0.2) is 0 Å². The molecule has 1 aliphatic rings. The highest BCUT2D eigenvalue weighted by molar-refractivity contribution is 6.17. The summed E-state index contributed by atoms with van der Waals surface area (Å²) in [4.78, 5) is 12.2. The lowest BCUT2D eigenvalue weighted by Crippen LogP contribution is -2.39. The van der Waals surface area contributed by atoms with Crippen molar-refractivity contribution in [1.29, 1.82) is 0 Å². The minimum absolute atomic E-state index is 0.133. The summed E-state index contributed by atoms with van der Waals surface area (Å²) in [5, 5.41) is 3.12. The van der Waals surface area contributed by atoms with Crippen LogP contribution in [0.15, 0.2) is 24.3 Å². The molecule has 0 aliphatic heterocycles. The van der Waals surface area contributed by atoms with E-state index in [1.54, 1.807) is 0 Å². The number of rotatable bonds is 5. The summed E-state index contributed by atoms with van der Waals surface area (Å²) in [5.74, 6) is 1.00. The van der Waals surface area contributed by atoms with E-state index >= 15 is 0 Å². The van der Waals surface area contributed by atoms with Gasteiger partial charge in [-0.15, -0.1) is 11.6 Å². The lowest BCUT2D eigenvalue weighted by molar-refractivity contribution is -0.126. The van der Waals surface area contributed by atoms with Crippen LogP contribution >= 0.6 is 11.6 Å². The van der Waals surface area contributed by atoms with E-state index in [9.17, 15) is 4.79 Å². The fourth-order valence-electron chi connectivity index (χ4n) is 2.74. The highest BCUT2D eigenvalue weighted by atomic mass is 35.5. The van der Waals surface area contributed by atoms with Gasteiger partial charge in [0.2, 0.25) is 5.91 Å². The average molecular weight is 280 g/mol. The summed E-state index contributed by atoms with van der Waals surface area (Å²) in [6.45, 7) is 2.06. The SMILES string of the molecule is CC(CCCCl)NC(=O)C1CCc2ccccc2C1. The summed E-state index contributed by atoms with van der Waals surface area (Å²) in [5.41, 5.74) is 2.74. The molecule has 1 amide bonds. The maximum Gasteiger partial charge on any atom is 0.223 e. The van der Waals surface area contributed by atoms with Gasteiger partial charge in [-0.25, -0.2) is 0 Å². The zero-order valence-corrected chi connectivity index (χ0v) is 12.2. The summed E-state index contributed by atoms with van der Waals surface area (Å²) in [6, 6.07) is 8.68. The second-order valence-electron chi connectivity index (χ2n) is 5.45. The second kappa shape index (κ2) is 6.95. The molecule has 0 saturated carbocycles. The molecule has 0 saturated heterocycles. The van der Waals surface area contributed by atoms with E-state index in [1.165, 1.54) is 11.1 Å². The fraction of sp³-hybridized carbons (Fsp3) is 0.562. The summed E-state index contributed by atoms with van der Waals surface area (Å²) >= 11 is 5.67. The molecule has 19 heavy (non-hydrogen) atoms. The van der Waals surface area contributed by atoms with Crippen LogP contribution in [0, 0.1) is 5.92 Å². The topological polar surface area (TPSA) is 29.1 Å². The van der Waals surface area contributed by atoms with Crippen molar-refractivity contribution < 1.29 is 4.79 Å². The van der Waals surface area contributed by atoms with E-state index in [0.717, 1.165) is 32.1 Å². The Kier molecular flexibility index (Phi) is 5.26. The van der Waals surface area contributed by atoms with Crippen molar-refractivity contribution in [2.24, 2.45) is 5.92 Å². The second-order valence-corrected chi connectivity index (χ2v) is 5.83. The van der Waals surface area contributed by atoms with Gasteiger partial charge in [0.1, 0.15) is 0 Å². The first-order valence-electron chi connectivity index (χ1n) is 7.14. The Morgan fingerprint density at radius 3 is 2.89 bits per heavy atom. The molecule has 0 radical (unpaired) electrons. The molecule has 1 aromatic rings. The van der Waals surface area contributed by atoms with Crippen LogP contribution < -0.4 is 5.32 Å². The molecule has 2 atom stereocenters. The highest BCUT2D eigenvalue weighted by Gasteiger charge is 2.24. The van der Waals surface area contributed by atoms with Crippen molar-refractivity contribution in [1.82, 2.24) is 5.32 Å². The standard InChI is InChI=1S/C16H22ClNO/c1-12(5-4-10-17)18-16(19)15-9-8-13-6-2-3-7-14(13)11-15/h2-3,6-7,12,15H,4-5,8-11H2,1H3,(H,18,19). The summed E-state index contributed by atoms with van der Waals surface area (Å²) in [7, 11) is 0. The van der Waals surface area contributed by atoms with Gasteiger partial charge in [0, 0.05) is 17.8 Å². The monoisotopic (exact) mass is 279 g/mol. The Hall–Kier alpha value is -1.02. The molecule has 1 N–H and O–H groups in total. The van der Waals surface area contributed by atoms with Crippen LogP contribution in [0.2, 0.25) is 0 Å². The van der Waals surface area contributed by atoms with Crippen LogP contribution in [0.1, 0.15) is 37.3 Å². The number of carbonyl (C=O) groups excluding carboxylic acids is 1. The van der Waals surface area contributed by atoms with Crippen LogP contribution in [0.4, 0.5) is 0 Å². The largest absolute Gasteiger partial charge is 0.353 e. The van der Waals surface area contributed by atoms with Crippen LogP contribution in [-0.4, -0.2) is 17.8 Å². The van der Waals surface area contributed by atoms with Crippen molar-refractivity contribution in [3.8, 4) is 0 Å². The lowest BCUT2D eigenvalue weighted by Gasteiger charge is -2.25. The molecule has 3 heteroatoms. The Bertz CT molecular complexity index is 433. The van der Waals surface area contributed by atoms with Crippen LogP contribution in [0.25, 0.3) is 0 Å². The number of fused-ring (bicyclic) bond motifs is 1. The maximum absolute atomic E-state index is 12.2. The van der Waals surface area contributed by atoms with Crippen LogP contribution in [-0.2, 0) is 17.6 Å². The molecule has 1 aliphatic carbocycles. The van der Waals surface area contributed by atoms with Gasteiger partial charge in [-0.05, 0) is 50.2 Å². The molecule has 2 nitrogen and oxygen atoms in total. The molecule has 0 fully saturated rings. The average Bonchev–Trinajstić information content (AvgIpc) is 2.44. The number of halogens is 1. The number of hydrogen-bond acceptors (Lipinski definition) is 1. The van der Waals surface area contributed by atoms with Crippen molar-refractivity contribution in [2.45, 2.75) is 45.1 Å². The number of aryl methyl sites for hydroxylation is 1. The molecule has 2 unspecified atom stereocenters. The number of amides is 1. The summed E-state index contributed by atoms with van der Waals surface area (Å²) in [6.07, 6.45) is 4.77. The van der Waals surface area contributed by atoms with E-state index in [0.29, 0.717) is 5.88 Å². The molecular weight excluding hydrogens is 258 g/mol. The van der Waals surface area contributed by atoms with Gasteiger partial charge in [0.05, 0.1) is 0 Å². The highest BCUT2D eigenvalue weighted by Crippen LogP contribution is 2.25. The minimum Gasteiger partial charge on any atom is -0.353 e. The third kappa shape index (κ3) is 3.97. The number of carbonyl (C=O) groups is 1. The van der Waals surface area contributed by atoms with Gasteiger partial charge < -0.3 is 5.32 Å². The number of hydrogen-bond donors (Lipinski definition) is 1. The first-order chi connectivity index (χ1) is 9.20. The molecule has 0 heterocycles. The van der Waals surface area contributed by atoms with Crippen molar-refractivity contribution >= 4 is 17.5 Å². The van der Waals surface area contributed by atoms with Gasteiger partial charge >= 0.3 is 0 Å². The first-order valence-corrected chi connectivity index (χ1v) is 7.67. The third-order valence-electron chi connectivity index (χ3n) is 3.88. The van der Waals surface area contributed by atoms with Gasteiger partial charge in [0.25, 0.3) is 0 Å². The quantitative estimate of drug-likeness (QED) is 0.823. The number of benzene rings is 1. The molecule has 0 bridgehead atoms. The van der Waals surface area contributed by atoms with Crippen molar-refractivity contribution in [3.63, 3.8) is 0 Å². The van der Waals surface area contributed by atoms with Gasteiger partial charge in [-0.3, -0.25) is 4.79 Å². The summed E-state index contributed by atoms with van der Waals surface area (Å²) < 4.78 is 0. The number of alkyl halides is 1. The van der Waals surface area contributed by atoms with Gasteiger partial charge in [-0.2, -0.15) is 0 Å². The van der Waals surface area contributed by atoms with E-state index in [4.69, 9.17) is 11.6 Å². The van der Waals surface area contributed by atoms with Crippen molar-refractivity contribution in [2.75, 3.05) is 5.88 Å². The molecule has 0 spiro atoms. The zero-order valence-electron chi connectivity index (χ0n) is 11.5. The first kappa shape index (κ1) is 14.4. The van der Waals surface area contributed by atoms with E-state index in [-0.39, 0.29) is 17.9 Å². The Labute approximate surface area is 120 Å². The molecule has 1 aromatic carbocycles. The predicted molar refractivity (Wildman–Crippen MR) is 79.5 cm³/mol. The lowest BCUT2D eigenvalue weighted by atomic mass is 9.83. The zero-order chi connectivity index (χ0) is 13.7. The van der Waals surface area contributed by atoms with Gasteiger partial charge in [-0.1, -0.05) is 24.3 Å². The van der Waals surface area contributed by atoms with E-state index in [1.807, 2.05) is 0 Å². The molecule has 0 aromatic heterocycles. The Morgan fingerprint density at radius 1 is 1.42 bits per heavy atom. The smallest absolute Gasteiger partial charge is 0.223 e. The van der Waals surface area contributed by atoms with E-state index in [2.05, 4.69) is 36.5 Å². The molecular formula is C16H22ClNO. The molecule has 104 valence electrons. The predicted octanol–water partition coefficient (Wildman–Crippen LogP) is 3.32. The fourth-order valence-corrected chi connectivity index (χ4v) is 2.89.